The highest BCUT2D eigenvalue weighted by Crippen LogP contribution is 2.33. The van der Waals surface area contributed by atoms with Crippen LogP contribution in [0.15, 0.2) is 36.5 Å². The first-order valence-electron chi connectivity index (χ1n) is 7.60. The summed E-state index contributed by atoms with van der Waals surface area (Å²) in [6.07, 6.45) is 4.42. The van der Waals surface area contributed by atoms with Crippen LogP contribution in [-0.2, 0) is 13.0 Å². The van der Waals surface area contributed by atoms with Gasteiger partial charge in [-0.1, -0.05) is 31.2 Å². The molecule has 20 heavy (non-hydrogen) atoms. The van der Waals surface area contributed by atoms with Gasteiger partial charge in [0, 0.05) is 31.2 Å². The van der Waals surface area contributed by atoms with Gasteiger partial charge >= 0.3 is 0 Å². The van der Waals surface area contributed by atoms with E-state index in [1.807, 2.05) is 0 Å². The van der Waals surface area contributed by atoms with Crippen LogP contribution in [0.5, 0.6) is 0 Å². The van der Waals surface area contributed by atoms with Crippen LogP contribution in [0.3, 0.4) is 0 Å². The molecule has 0 saturated carbocycles. The lowest BCUT2D eigenvalue weighted by molar-refractivity contribution is 0.468. The fraction of sp³-hybridized carbons (Fsp3) is 0.471. The number of rotatable bonds is 6. The quantitative estimate of drug-likeness (QED) is 0.872. The molecule has 2 atom stereocenters. The summed E-state index contributed by atoms with van der Waals surface area (Å²) < 4.78 is 2.07. The molecular formula is C17H23N3. The topological polar surface area (TPSA) is 29.9 Å². The second-order valence-corrected chi connectivity index (χ2v) is 5.78. The Balaban J connectivity index is 1.48. The van der Waals surface area contributed by atoms with Gasteiger partial charge in [-0.3, -0.25) is 4.68 Å². The minimum absolute atomic E-state index is 0.488. The molecular weight excluding hydrogens is 246 g/mol. The summed E-state index contributed by atoms with van der Waals surface area (Å²) in [5.41, 5.74) is 4.17. The van der Waals surface area contributed by atoms with Crippen LogP contribution >= 0.6 is 0 Å². The average molecular weight is 269 g/mol. The first-order valence-corrected chi connectivity index (χ1v) is 7.60. The van der Waals surface area contributed by atoms with Crippen molar-refractivity contribution in [3.8, 4) is 0 Å². The van der Waals surface area contributed by atoms with Gasteiger partial charge in [-0.15, -0.1) is 0 Å². The normalized spacial score (nSPS) is 18.4. The zero-order valence-corrected chi connectivity index (χ0v) is 12.3. The molecule has 0 aliphatic heterocycles. The van der Waals surface area contributed by atoms with Crippen LogP contribution in [0.2, 0.25) is 0 Å². The number of fused-ring (bicyclic) bond motifs is 1. The summed E-state index contributed by atoms with van der Waals surface area (Å²) in [6.45, 7) is 6.31. The number of nitrogens with zero attached hydrogens (tertiary/aromatic N) is 2. The number of benzene rings is 1. The van der Waals surface area contributed by atoms with Crippen molar-refractivity contribution in [1.29, 1.82) is 0 Å². The second-order valence-electron chi connectivity index (χ2n) is 5.78. The molecule has 3 rings (SSSR count). The molecule has 0 spiro atoms. The third-order valence-corrected chi connectivity index (χ3v) is 4.36. The highest BCUT2D eigenvalue weighted by atomic mass is 15.3. The van der Waals surface area contributed by atoms with Gasteiger partial charge in [0.05, 0.1) is 5.69 Å². The fourth-order valence-electron chi connectivity index (χ4n) is 2.82. The molecule has 1 N–H and O–H groups in total. The Bertz CT molecular complexity index is 573. The molecule has 3 heteroatoms. The third kappa shape index (κ3) is 2.63. The maximum Gasteiger partial charge on any atom is 0.0762 e. The van der Waals surface area contributed by atoms with Crippen molar-refractivity contribution in [3.05, 3.63) is 53.3 Å². The Hall–Kier alpha value is -1.61. The standard InChI is InChI=1S/C17H23N3/c1-3-13(2)20-9-8-16(19-20)12-18-11-15-10-14-6-4-5-7-17(14)15/h4-9,13,15,18H,3,10-12H2,1-2H3. The van der Waals surface area contributed by atoms with Crippen LogP contribution < -0.4 is 5.32 Å². The van der Waals surface area contributed by atoms with Gasteiger partial charge in [-0.2, -0.15) is 5.10 Å². The summed E-state index contributed by atoms with van der Waals surface area (Å²) in [6, 6.07) is 11.4. The van der Waals surface area contributed by atoms with Crippen molar-refractivity contribution in [3.63, 3.8) is 0 Å². The maximum absolute atomic E-state index is 4.62. The van der Waals surface area contributed by atoms with Gasteiger partial charge < -0.3 is 5.32 Å². The molecule has 2 unspecified atom stereocenters. The Morgan fingerprint density at radius 1 is 1.35 bits per heavy atom. The lowest BCUT2D eigenvalue weighted by Crippen LogP contribution is -2.28. The van der Waals surface area contributed by atoms with E-state index in [-0.39, 0.29) is 0 Å². The molecule has 1 aromatic carbocycles. The van der Waals surface area contributed by atoms with Crippen molar-refractivity contribution < 1.29 is 0 Å². The van der Waals surface area contributed by atoms with Gasteiger partial charge in [0.15, 0.2) is 0 Å². The highest BCUT2D eigenvalue weighted by Gasteiger charge is 2.24. The lowest BCUT2D eigenvalue weighted by Gasteiger charge is -2.30. The van der Waals surface area contributed by atoms with E-state index in [4.69, 9.17) is 0 Å². The van der Waals surface area contributed by atoms with E-state index < -0.39 is 0 Å². The van der Waals surface area contributed by atoms with Crippen molar-refractivity contribution in [2.24, 2.45) is 0 Å². The second kappa shape index (κ2) is 5.80. The first kappa shape index (κ1) is 13.4. The maximum atomic E-state index is 4.62. The number of hydrogen-bond donors (Lipinski definition) is 1. The van der Waals surface area contributed by atoms with Gasteiger partial charge in [0.2, 0.25) is 0 Å². The summed E-state index contributed by atoms with van der Waals surface area (Å²) in [7, 11) is 0. The van der Waals surface area contributed by atoms with Crippen LogP contribution in [0.4, 0.5) is 0 Å². The zero-order chi connectivity index (χ0) is 13.9. The first-order chi connectivity index (χ1) is 9.78. The Labute approximate surface area is 121 Å². The van der Waals surface area contributed by atoms with Gasteiger partial charge in [-0.05, 0) is 37.0 Å². The number of nitrogens with one attached hydrogen (secondary N) is 1. The van der Waals surface area contributed by atoms with Crippen LogP contribution in [-0.4, -0.2) is 16.3 Å². The van der Waals surface area contributed by atoms with Gasteiger partial charge in [-0.25, -0.2) is 0 Å². The molecule has 0 saturated heterocycles. The molecule has 1 aromatic heterocycles. The lowest BCUT2D eigenvalue weighted by atomic mass is 9.77. The summed E-state index contributed by atoms with van der Waals surface area (Å²) in [5, 5.41) is 8.16. The molecule has 0 fully saturated rings. The molecule has 2 aromatic rings. The van der Waals surface area contributed by atoms with E-state index in [1.165, 1.54) is 17.5 Å². The van der Waals surface area contributed by atoms with E-state index >= 15 is 0 Å². The zero-order valence-electron chi connectivity index (χ0n) is 12.3. The molecule has 0 bridgehead atoms. The van der Waals surface area contributed by atoms with Crippen LogP contribution in [0.1, 0.15) is 49.0 Å². The minimum atomic E-state index is 0.488. The fourth-order valence-corrected chi connectivity index (χ4v) is 2.82. The molecule has 1 aliphatic rings. The molecule has 1 aliphatic carbocycles. The monoisotopic (exact) mass is 269 g/mol. The molecule has 106 valence electrons. The third-order valence-electron chi connectivity index (χ3n) is 4.36. The smallest absolute Gasteiger partial charge is 0.0762 e. The minimum Gasteiger partial charge on any atom is -0.310 e. The molecule has 0 radical (unpaired) electrons. The summed E-state index contributed by atoms with van der Waals surface area (Å²) in [4.78, 5) is 0. The molecule has 3 nitrogen and oxygen atoms in total. The number of hydrogen-bond acceptors (Lipinski definition) is 2. The van der Waals surface area contributed by atoms with E-state index in [0.29, 0.717) is 12.0 Å². The Morgan fingerprint density at radius 3 is 3.00 bits per heavy atom. The van der Waals surface area contributed by atoms with Crippen molar-refractivity contribution in [1.82, 2.24) is 15.1 Å². The van der Waals surface area contributed by atoms with Crippen molar-refractivity contribution >= 4 is 0 Å². The summed E-state index contributed by atoms with van der Waals surface area (Å²) in [5.74, 6) is 0.683. The predicted octanol–water partition coefficient (Wildman–Crippen LogP) is 3.28. The van der Waals surface area contributed by atoms with Crippen molar-refractivity contribution in [2.75, 3.05) is 6.54 Å². The van der Waals surface area contributed by atoms with Crippen molar-refractivity contribution in [2.45, 2.75) is 45.2 Å². The Morgan fingerprint density at radius 2 is 2.20 bits per heavy atom. The predicted molar refractivity (Wildman–Crippen MR) is 81.8 cm³/mol. The van der Waals surface area contributed by atoms with E-state index in [2.05, 4.69) is 65.5 Å². The SMILES string of the molecule is CCC(C)n1ccc(CNCC2Cc3ccccc32)n1. The summed E-state index contributed by atoms with van der Waals surface area (Å²) >= 11 is 0. The largest absolute Gasteiger partial charge is 0.310 e. The number of aromatic nitrogens is 2. The van der Waals surface area contributed by atoms with Crippen LogP contribution in [0.25, 0.3) is 0 Å². The average Bonchev–Trinajstić information content (AvgIpc) is 2.92. The van der Waals surface area contributed by atoms with Crippen LogP contribution in [0, 0.1) is 0 Å². The molecule has 1 heterocycles. The molecule has 0 amide bonds. The highest BCUT2D eigenvalue weighted by molar-refractivity contribution is 5.40. The van der Waals surface area contributed by atoms with Gasteiger partial charge in [0.1, 0.15) is 0 Å². The van der Waals surface area contributed by atoms with E-state index in [9.17, 15) is 0 Å². The van der Waals surface area contributed by atoms with E-state index in [0.717, 1.165) is 25.2 Å². The Kier molecular flexibility index (Phi) is 3.88. The van der Waals surface area contributed by atoms with Gasteiger partial charge in [0.25, 0.3) is 0 Å². The van der Waals surface area contributed by atoms with E-state index in [1.54, 1.807) is 0 Å².